The van der Waals surface area contributed by atoms with E-state index in [0.717, 1.165) is 11.4 Å². The van der Waals surface area contributed by atoms with E-state index in [1.807, 2.05) is 35.7 Å². The van der Waals surface area contributed by atoms with Crippen LogP contribution in [0.1, 0.15) is 11.7 Å². The first-order chi connectivity index (χ1) is 7.40. The van der Waals surface area contributed by atoms with E-state index >= 15 is 0 Å². The third kappa shape index (κ3) is 2.53. The van der Waals surface area contributed by atoms with Crippen molar-refractivity contribution in [2.45, 2.75) is 6.04 Å². The Balaban J connectivity index is 2.10. The monoisotopic (exact) mass is 222 g/mol. The van der Waals surface area contributed by atoms with Gasteiger partial charge in [-0.15, -0.1) is 11.3 Å². The zero-order valence-electron chi connectivity index (χ0n) is 8.06. The molecule has 2 nitrogen and oxygen atoms in total. The van der Waals surface area contributed by atoms with Crippen molar-refractivity contribution in [3.63, 3.8) is 0 Å². The quantitative estimate of drug-likeness (QED) is 0.858. The number of nitrogens with one attached hydrogen (secondary N) is 1. The molecule has 0 saturated carbocycles. The smallest absolute Gasteiger partial charge is 0.115 e. The minimum absolute atomic E-state index is 0.348. The third-order valence-corrected chi connectivity index (χ3v) is 2.68. The Morgan fingerprint density at radius 3 is 2.73 bits per heavy atom. The fourth-order valence-electron chi connectivity index (χ4n) is 1.32. The molecule has 2 rings (SSSR count). The lowest BCUT2D eigenvalue weighted by molar-refractivity contribution is 0.449. The number of nitrogens with zero attached hydrogens (tertiary/aromatic N) is 1. The van der Waals surface area contributed by atoms with Gasteiger partial charge in [0.05, 0.1) is 17.2 Å². The minimum atomic E-state index is -0.460. The highest BCUT2D eigenvalue weighted by Crippen LogP contribution is 2.19. The van der Waals surface area contributed by atoms with E-state index in [0.29, 0.717) is 0 Å². The number of benzene rings is 1. The molecule has 0 bridgehead atoms. The molecule has 78 valence electrons. The van der Waals surface area contributed by atoms with Crippen LogP contribution in [0, 0.1) is 0 Å². The van der Waals surface area contributed by atoms with Gasteiger partial charge in [0, 0.05) is 11.1 Å². The van der Waals surface area contributed by atoms with Gasteiger partial charge in [-0.25, -0.2) is 9.37 Å². The zero-order valence-corrected chi connectivity index (χ0v) is 8.88. The maximum Gasteiger partial charge on any atom is 0.115 e. The van der Waals surface area contributed by atoms with E-state index in [1.165, 1.54) is 11.3 Å². The molecule has 0 saturated heterocycles. The second-order valence-electron chi connectivity index (χ2n) is 3.13. The summed E-state index contributed by atoms with van der Waals surface area (Å²) >= 11 is 1.48. The summed E-state index contributed by atoms with van der Waals surface area (Å²) < 4.78 is 12.8. The zero-order chi connectivity index (χ0) is 10.5. The summed E-state index contributed by atoms with van der Waals surface area (Å²) in [6, 6.07) is 9.23. The molecule has 1 heterocycles. The van der Waals surface area contributed by atoms with Crippen LogP contribution < -0.4 is 5.32 Å². The standard InChI is InChI=1S/C11H11FN2S/c12-6-10(11-7-15-8-13-11)14-9-4-2-1-3-5-9/h1-5,7-8,10,14H,6H2. The van der Waals surface area contributed by atoms with Gasteiger partial charge < -0.3 is 5.32 Å². The second kappa shape index (κ2) is 4.89. The lowest BCUT2D eigenvalue weighted by Gasteiger charge is -2.14. The third-order valence-electron chi connectivity index (χ3n) is 2.08. The maximum atomic E-state index is 12.8. The van der Waals surface area contributed by atoms with Crippen molar-refractivity contribution >= 4 is 17.0 Å². The molecule has 1 unspecified atom stereocenters. The predicted molar refractivity (Wildman–Crippen MR) is 60.9 cm³/mol. The largest absolute Gasteiger partial charge is 0.374 e. The van der Waals surface area contributed by atoms with Crippen molar-refractivity contribution in [3.8, 4) is 0 Å². The van der Waals surface area contributed by atoms with Gasteiger partial charge in [0.2, 0.25) is 0 Å². The summed E-state index contributed by atoms with van der Waals surface area (Å²) in [4.78, 5) is 4.10. The number of hydrogen-bond donors (Lipinski definition) is 1. The summed E-state index contributed by atoms with van der Waals surface area (Å²) in [7, 11) is 0. The van der Waals surface area contributed by atoms with Crippen molar-refractivity contribution in [3.05, 3.63) is 46.9 Å². The number of aromatic nitrogens is 1. The molecule has 0 radical (unpaired) electrons. The summed E-state index contributed by atoms with van der Waals surface area (Å²) in [6.45, 7) is -0.460. The van der Waals surface area contributed by atoms with Crippen LogP contribution in [0.5, 0.6) is 0 Å². The molecule has 0 fully saturated rings. The van der Waals surface area contributed by atoms with Gasteiger partial charge in [-0.1, -0.05) is 18.2 Å². The molecule has 4 heteroatoms. The summed E-state index contributed by atoms with van der Waals surface area (Å²) in [5.41, 5.74) is 3.38. The van der Waals surface area contributed by atoms with Crippen molar-refractivity contribution in [2.24, 2.45) is 0 Å². The Morgan fingerprint density at radius 2 is 2.13 bits per heavy atom. The van der Waals surface area contributed by atoms with Crippen LogP contribution in [0.15, 0.2) is 41.2 Å². The first-order valence-electron chi connectivity index (χ1n) is 4.66. The lowest BCUT2D eigenvalue weighted by atomic mass is 10.2. The highest BCUT2D eigenvalue weighted by molar-refractivity contribution is 7.07. The topological polar surface area (TPSA) is 24.9 Å². The average Bonchev–Trinajstić information content (AvgIpc) is 2.81. The SMILES string of the molecule is FCC(Nc1ccccc1)c1cscn1. The molecule has 1 aromatic carbocycles. The number of anilines is 1. The molecular formula is C11H11FN2S. The Labute approximate surface area is 91.8 Å². The van der Waals surface area contributed by atoms with Crippen molar-refractivity contribution < 1.29 is 4.39 Å². The minimum Gasteiger partial charge on any atom is -0.374 e. The van der Waals surface area contributed by atoms with Crippen molar-refractivity contribution in [1.29, 1.82) is 0 Å². The van der Waals surface area contributed by atoms with E-state index in [4.69, 9.17) is 0 Å². The molecule has 1 N–H and O–H groups in total. The molecule has 1 aromatic heterocycles. The van der Waals surface area contributed by atoms with Gasteiger partial charge in [0.25, 0.3) is 0 Å². The predicted octanol–water partition coefficient (Wildman–Crippen LogP) is 3.27. The molecule has 0 aliphatic rings. The Morgan fingerprint density at radius 1 is 1.33 bits per heavy atom. The number of alkyl halides is 1. The van der Waals surface area contributed by atoms with Crippen LogP contribution in [0.3, 0.4) is 0 Å². The molecule has 0 spiro atoms. The van der Waals surface area contributed by atoms with E-state index in [1.54, 1.807) is 5.51 Å². The normalized spacial score (nSPS) is 12.3. The molecule has 0 amide bonds. The van der Waals surface area contributed by atoms with E-state index in [2.05, 4.69) is 10.3 Å². The van der Waals surface area contributed by atoms with Crippen molar-refractivity contribution in [1.82, 2.24) is 4.98 Å². The fraction of sp³-hybridized carbons (Fsp3) is 0.182. The van der Waals surface area contributed by atoms with Gasteiger partial charge in [0.15, 0.2) is 0 Å². The van der Waals surface area contributed by atoms with Crippen LogP contribution >= 0.6 is 11.3 Å². The van der Waals surface area contributed by atoms with E-state index in [-0.39, 0.29) is 6.04 Å². The molecule has 15 heavy (non-hydrogen) atoms. The van der Waals surface area contributed by atoms with Crippen LogP contribution in [-0.4, -0.2) is 11.7 Å². The highest BCUT2D eigenvalue weighted by Gasteiger charge is 2.12. The molecule has 2 aromatic rings. The Kier molecular flexibility index (Phi) is 3.29. The second-order valence-corrected chi connectivity index (χ2v) is 3.85. The molecular weight excluding hydrogens is 211 g/mol. The van der Waals surface area contributed by atoms with E-state index < -0.39 is 6.67 Å². The number of thiazole rings is 1. The number of hydrogen-bond acceptors (Lipinski definition) is 3. The molecule has 0 aliphatic heterocycles. The van der Waals surface area contributed by atoms with Gasteiger partial charge >= 0.3 is 0 Å². The summed E-state index contributed by atoms with van der Waals surface area (Å²) in [6.07, 6.45) is 0. The van der Waals surface area contributed by atoms with Crippen LogP contribution in [0.25, 0.3) is 0 Å². The highest BCUT2D eigenvalue weighted by atomic mass is 32.1. The van der Waals surface area contributed by atoms with Gasteiger partial charge in [-0.2, -0.15) is 0 Å². The molecule has 1 atom stereocenters. The van der Waals surface area contributed by atoms with E-state index in [9.17, 15) is 4.39 Å². The fourth-order valence-corrected chi connectivity index (χ4v) is 1.93. The van der Waals surface area contributed by atoms with Crippen molar-refractivity contribution in [2.75, 3.05) is 12.0 Å². The summed E-state index contributed by atoms with van der Waals surface area (Å²) in [5.74, 6) is 0. The van der Waals surface area contributed by atoms with Crippen LogP contribution in [0.2, 0.25) is 0 Å². The lowest BCUT2D eigenvalue weighted by Crippen LogP contribution is -2.12. The molecule has 0 aliphatic carbocycles. The van der Waals surface area contributed by atoms with Crippen LogP contribution in [0.4, 0.5) is 10.1 Å². The van der Waals surface area contributed by atoms with Gasteiger partial charge in [0.1, 0.15) is 6.67 Å². The van der Waals surface area contributed by atoms with Crippen LogP contribution in [-0.2, 0) is 0 Å². The number of rotatable bonds is 4. The Bertz CT molecular complexity index is 388. The maximum absolute atomic E-state index is 12.8. The first-order valence-corrected chi connectivity index (χ1v) is 5.60. The number of halogens is 1. The van der Waals surface area contributed by atoms with Gasteiger partial charge in [-0.05, 0) is 12.1 Å². The number of para-hydroxylation sites is 1. The summed E-state index contributed by atoms with van der Waals surface area (Å²) in [5, 5.41) is 4.96. The Hall–Kier alpha value is -1.42. The average molecular weight is 222 g/mol. The first kappa shape index (κ1) is 10.1. The van der Waals surface area contributed by atoms with Gasteiger partial charge in [-0.3, -0.25) is 0 Å².